The van der Waals surface area contributed by atoms with Crippen molar-refractivity contribution < 1.29 is 14.3 Å². The smallest absolute Gasteiger partial charge is 0.228 e. The van der Waals surface area contributed by atoms with Crippen LogP contribution in [0.15, 0.2) is 42.5 Å². The van der Waals surface area contributed by atoms with Crippen molar-refractivity contribution in [1.82, 2.24) is 0 Å². The first-order valence-electron chi connectivity index (χ1n) is 6.70. The van der Waals surface area contributed by atoms with Gasteiger partial charge >= 0.3 is 0 Å². The molecule has 0 unspecified atom stereocenters. The van der Waals surface area contributed by atoms with E-state index in [9.17, 15) is 4.79 Å². The topological polar surface area (TPSA) is 47.6 Å². The molecule has 0 spiro atoms. The van der Waals surface area contributed by atoms with Crippen molar-refractivity contribution in [3.8, 4) is 11.5 Å². The van der Waals surface area contributed by atoms with Crippen LogP contribution in [0.4, 0.5) is 5.69 Å². The molecule has 0 saturated carbocycles. The zero-order valence-corrected chi connectivity index (χ0v) is 12.5. The van der Waals surface area contributed by atoms with Crippen molar-refractivity contribution in [1.29, 1.82) is 0 Å². The predicted molar refractivity (Wildman–Crippen MR) is 83.1 cm³/mol. The average Bonchev–Trinajstić information content (AvgIpc) is 2.48. The van der Waals surface area contributed by atoms with Gasteiger partial charge in [0, 0.05) is 11.3 Å². The Kier molecular flexibility index (Phi) is 4.82. The lowest BCUT2D eigenvalue weighted by Crippen LogP contribution is -2.15. The maximum Gasteiger partial charge on any atom is 0.228 e. The number of carbonyl (C=O) groups excluding carboxylic acids is 1. The summed E-state index contributed by atoms with van der Waals surface area (Å²) in [4.78, 5) is 12.1. The summed E-state index contributed by atoms with van der Waals surface area (Å²) >= 11 is 0. The fourth-order valence-electron chi connectivity index (χ4n) is 2.18. The summed E-state index contributed by atoms with van der Waals surface area (Å²) in [5.41, 5.74) is 2.60. The van der Waals surface area contributed by atoms with Crippen LogP contribution in [0.25, 0.3) is 0 Å². The molecule has 2 aromatic rings. The number of amides is 1. The number of carbonyl (C=O) groups is 1. The van der Waals surface area contributed by atoms with Gasteiger partial charge in [0.25, 0.3) is 0 Å². The van der Waals surface area contributed by atoms with E-state index in [-0.39, 0.29) is 12.3 Å². The molecule has 0 saturated heterocycles. The van der Waals surface area contributed by atoms with E-state index in [1.807, 2.05) is 49.4 Å². The van der Waals surface area contributed by atoms with E-state index < -0.39 is 0 Å². The molecular weight excluding hydrogens is 266 g/mol. The fraction of sp³-hybridized carbons (Fsp3) is 0.235. The van der Waals surface area contributed by atoms with Gasteiger partial charge in [0.1, 0.15) is 11.5 Å². The highest BCUT2D eigenvalue weighted by Crippen LogP contribution is 2.22. The summed E-state index contributed by atoms with van der Waals surface area (Å²) in [6.45, 7) is 1.94. The number of rotatable bonds is 5. The molecule has 21 heavy (non-hydrogen) atoms. The summed E-state index contributed by atoms with van der Waals surface area (Å²) < 4.78 is 10.5. The van der Waals surface area contributed by atoms with Gasteiger partial charge in [0.2, 0.25) is 5.91 Å². The molecule has 4 heteroatoms. The molecule has 0 aliphatic heterocycles. The number of nitrogens with one attached hydrogen (secondary N) is 1. The number of hydrogen-bond donors (Lipinski definition) is 1. The molecule has 0 atom stereocenters. The van der Waals surface area contributed by atoms with Gasteiger partial charge in [-0.25, -0.2) is 0 Å². The summed E-state index contributed by atoms with van der Waals surface area (Å²) in [5, 5.41) is 2.88. The lowest BCUT2D eigenvalue weighted by molar-refractivity contribution is -0.115. The first-order chi connectivity index (χ1) is 10.1. The summed E-state index contributed by atoms with van der Waals surface area (Å²) in [6, 6.07) is 13.1. The van der Waals surface area contributed by atoms with Crippen LogP contribution < -0.4 is 14.8 Å². The lowest BCUT2D eigenvalue weighted by atomic mass is 10.1. The Hall–Kier alpha value is -2.49. The summed E-state index contributed by atoms with van der Waals surface area (Å²) in [7, 11) is 3.23. The first kappa shape index (κ1) is 14.9. The van der Waals surface area contributed by atoms with Crippen molar-refractivity contribution in [3.63, 3.8) is 0 Å². The van der Waals surface area contributed by atoms with Gasteiger partial charge in [-0.2, -0.15) is 0 Å². The molecule has 0 aromatic heterocycles. The average molecular weight is 285 g/mol. The van der Waals surface area contributed by atoms with Crippen molar-refractivity contribution >= 4 is 11.6 Å². The van der Waals surface area contributed by atoms with Crippen molar-refractivity contribution in [2.45, 2.75) is 13.3 Å². The second-order valence-electron chi connectivity index (χ2n) is 4.72. The molecule has 2 aromatic carbocycles. The largest absolute Gasteiger partial charge is 0.496 e. The second-order valence-corrected chi connectivity index (χ2v) is 4.72. The Bertz CT molecular complexity index is 638. The molecule has 0 aliphatic carbocycles. The van der Waals surface area contributed by atoms with E-state index in [1.54, 1.807) is 14.2 Å². The van der Waals surface area contributed by atoms with Gasteiger partial charge < -0.3 is 14.8 Å². The quantitative estimate of drug-likeness (QED) is 0.917. The number of para-hydroxylation sites is 1. The van der Waals surface area contributed by atoms with E-state index in [0.717, 1.165) is 28.3 Å². The van der Waals surface area contributed by atoms with E-state index >= 15 is 0 Å². The molecular formula is C17H19NO3. The number of anilines is 1. The molecule has 0 radical (unpaired) electrons. The number of methoxy groups -OCH3 is 2. The normalized spacial score (nSPS) is 10.0. The minimum atomic E-state index is -0.0796. The Morgan fingerprint density at radius 3 is 2.43 bits per heavy atom. The van der Waals surface area contributed by atoms with Gasteiger partial charge in [-0.1, -0.05) is 18.2 Å². The third-order valence-corrected chi connectivity index (χ3v) is 3.22. The van der Waals surface area contributed by atoms with Crippen molar-refractivity contribution in [2.24, 2.45) is 0 Å². The molecule has 0 aliphatic rings. The van der Waals surface area contributed by atoms with Crippen LogP contribution >= 0.6 is 0 Å². The highest BCUT2D eigenvalue weighted by molar-refractivity contribution is 5.92. The zero-order chi connectivity index (χ0) is 15.2. The van der Waals surface area contributed by atoms with Gasteiger partial charge in [-0.05, 0) is 36.8 Å². The van der Waals surface area contributed by atoms with Gasteiger partial charge in [-0.3, -0.25) is 4.79 Å². The Balaban J connectivity index is 2.06. The number of ether oxygens (including phenoxy) is 2. The maximum absolute atomic E-state index is 12.1. The number of benzene rings is 2. The third kappa shape index (κ3) is 3.75. The highest BCUT2D eigenvalue weighted by atomic mass is 16.5. The maximum atomic E-state index is 12.1. The standard InChI is InChI=1S/C17H19NO3/c1-12-10-14(8-9-15(12)20-2)18-17(19)11-13-6-4-5-7-16(13)21-3/h4-10H,11H2,1-3H3,(H,18,19). The van der Waals surface area contributed by atoms with E-state index in [0.29, 0.717) is 0 Å². The van der Waals surface area contributed by atoms with Crippen LogP contribution in [0.5, 0.6) is 11.5 Å². The van der Waals surface area contributed by atoms with Gasteiger partial charge in [-0.15, -0.1) is 0 Å². The molecule has 110 valence electrons. The Morgan fingerprint density at radius 2 is 1.76 bits per heavy atom. The second kappa shape index (κ2) is 6.79. The minimum absolute atomic E-state index is 0.0796. The third-order valence-electron chi connectivity index (χ3n) is 3.22. The van der Waals surface area contributed by atoms with Crippen molar-refractivity contribution in [2.75, 3.05) is 19.5 Å². The number of aryl methyl sites for hydroxylation is 1. The van der Waals surface area contributed by atoms with E-state index in [1.165, 1.54) is 0 Å². The van der Waals surface area contributed by atoms with Crippen LogP contribution in [0.2, 0.25) is 0 Å². The molecule has 1 N–H and O–H groups in total. The molecule has 1 amide bonds. The highest BCUT2D eigenvalue weighted by Gasteiger charge is 2.09. The SMILES string of the molecule is COc1ccc(NC(=O)Cc2ccccc2OC)cc1C. The molecule has 0 fully saturated rings. The van der Waals surface area contributed by atoms with E-state index in [4.69, 9.17) is 9.47 Å². The van der Waals surface area contributed by atoms with Crippen LogP contribution in [-0.2, 0) is 11.2 Å². The molecule has 0 bridgehead atoms. The minimum Gasteiger partial charge on any atom is -0.496 e. The molecule has 0 heterocycles. The predicted octanol–water partition coefficient (Wildman–Crippen LogP) is 3.19. The molecule has 2 rings (SSSR count). The van der Waals surface area contributed by atoms with Gasteiger partial charge in [0.05, 0.1) is 20.6 Å². The monoisotopic (exact) mass is 285 g/mol. The summed E-state index contributed by atoms with van der Waals surface area (Å²) in [5.74, 6) is 1.44. The van der Waals surface area contributed by atoms with Crippen molar-refractivity contribution in [3.05, 3.63) is 53.6 Å². The van der Waals surface area contributed by atoms with Gasteiger partial charge in [0.15, 0.2) is 0 Å². The Labute approximate surface area is 124 Å². The Morgan fingerprint density at radius 1 is 1.05 bits per heavy atom. The van der Waals surface area contributed by atoms with Crippen LogP contribution in [0.1, 0.15) is 11.1 Å². The van der Waals surface area contributed by atoms with Crippen LogP contribution in [-0.4, -0.2) is 20.1 Å². The summed E-state index contributed by atoms with van der Waals surface area (Å²) in [6.07, 6.45) is 0.273. The fourth-order valence-corrected chi connectivity index (χ4v) is 2.18. The zero-order valence-electron chi connectivity index (χ0n) is 12.5. The molecule has 4 nitrogen and oxygen atoms in total. The van der Waals surface area contributed by atoms with Crippen LogP contribution in [0.3, 0.4) is 0 Å². The van der Waals surface area contributed by atoms with E-state index in [2.05, 4.69) is 5.32 Å². The first-order valence-corrected chi connectivity index (χ1v) is 6.70. The van der Waals surface area contributed by atoms with Crippen LogP contribution in [0, 0.1) is 6.92 Å². The lowest BCUT2D eigenvalue weighted by Gasteiger charge is -2.10. The number of hydrogen-bond acceptors (Lipinski definition) is 3.